The zero-order valence-electron chi connectivity index (χ0n) is 13.9. The van der Waals surface area contributed by atoms with Gasteiger partial charge in [0.05, 0.1) is 12.7 Å². The molecule has 4 nitrogen and oxygen atoms in total. The summed E-state index contributed by atoms with van der Waals surface area (Å²) in [4.78, 5) is 12.1. The molecule has 2 aromatic carbocycles. The van der Waals surface area contributed by atoms with Crippen LogP contribution in [0.3, 0.4) is 0 Å². The van der Waals surface area contributed by atoms with Crippen LogP contribution in [0.25, 0.3) is 11.1 Å². The minimum Gasteiger partial charge on any atom is -0.497 e. The van der Waals surface area contributed by atoms with Crippen LogP contribution in [0.2, 0.25) is 0 Å². The zero-order valence-corrected chi connectivity index (χ0v) is 13.9. The van der Waals surface area contributed by atoms with Crippen molar-refractivity contribution in [3.05, 3.63) is 53.6 Å². The largest absolute Gasteiger partial charge is 0.497 e. The number of hydrogen-bond donors (Lipinski definition) is 2. The Balaban J connectivity index is 1.75. The number of amides is 1. The fourth-order valence-corrected chi connectivity index (χ4v) is 2.72. The Labute approximate surface area is 145 Å². The first-order chi connectivity index (χ1) is 12.0. The molecule has 2 aromatic rings. The monoisotopic (exact) mass is 346 g/mol. The maximum atomic E-state index is 14.3. The second-order valence-corrected chi connectivity index (χ2v) is 6.25. The minimum absolute atomic E-state index is 0.0827. The standard InChI is InChI=1S/C19H20F2N2O2/c1-25-13-5-7-14(17(21)9-13)12-4-6-15(16(20)8-12)19(24)23-10-18(22)11-2-3-11/h4-9,11,18H,2-3,10,22H2,1H3,(H,23,24). The molecule has 0 saturated heterocycles. The predicted molar refractivity (Wildman–Crippen MR) is 91.4 cm³/mol. The van der Waals surface area contributed by atoms with Gasteiger partial charge in [0, 0.05) is 24.2 Å². The molecule has 1 aliphatic carbocycles. The topological polar surface area (TPSA) is 64.3 Å². The Morgan fingerprint density at radius 1 is 1.24 bits per heavy atom. The summed E-state index contributed by atoms with van der Waals surface area (Å²) in [7, 11) is 1.44. The number of ether oxygens (including phenoxy) is 1. The van der Waals surface area contributed by atoms with E-state index < -0.39 is 17.5 Å². The van der Waals surface area contributed by atoms with Crippen molar-refractivity contribution in [1.29, 1.82) is 0 Å². The quantitative estimate of drug-likeness (QED) is 0.845. The number of nitrogens with one attached hydrogen (secondary N) is 1. The molecule has 1 atom stereocenters. The Hall–Kier alpha value is -2.47. The summed E-state index contributed by atoms with van der Waals surface area (Å²) in [5.74, 6) is -0.915. The lowest BCUT2D eigenvalue weighted by molar-refractivity contribution is 0.0946. The zero-order chi connectivity index (χ0) is 18.0. The van der Waals surface area contributed by atoms with Gasteiger partial charge in [-0.1, -0.05) is 6.07 Å². The lowest BCUT2D eigenvalue weighted by Gasteiger charge is -2.12. The highest BCUT2D eigenvalue weighted by atomic mass is 19.1. The minimum atomic E-state index is -0.704. The second-order valence-electron chi connectivity index (χ2n) is 6.25. The Morgan fingerprint density at radius 3 is 2.60 bits per heavy atom. The molecule has 0 spiro atoms. The molecule has 25 heavy (non-hydrogen) atoms. The second kappa shape index (κ2) is 7.19. The molecule has 0 aromatic heterocycles. The van der Waals surface area contributed by atoms with Crippen LogP contribution in [0, 0.1) is 17.6 Å². The maximum Gasteiger partial charge on any atom is 0.254 e. The van der Waals surface area contributed by atoms with Crippen LogP contribution in [0.1, 0.15) is 23.2 Å². The summed E-state index contributed by atoms with van der Waals surface area (Å²) >= 11 is 0. The summed E-state index contributed by atoms with van der Waals surface area (Å²) in [5, 5.41) is 2.65. The van der Waals surface area contributed by atoms with E-state index in [1.165, 1.54) is 31.4 Å². The van der Waals surface area contributed by atoms with Crippen LogP contribution in [0.5, 0.6) is 5.75 Å². The van der Waals surface area contributed by atoms with Crippen LogP contribution >= 0.6 is 0 Å². The third kappa shape index (κ3) is 3.96. The number of carbonyl (C=O) groups excluding carboxylic acids is 1. The average Bonchev–Trinajstić information content (AvgIpc) is 3.44. The third-order valence-electron chi connectivity index (χ3n) is 4.43. The third-order valence-corrected chi connectivity index (χ3v) is 4.43. The summed E-state index contributed by atoms with van der Waals surface area (Å²) in [6, 6.07) is 8.26. The SMILES string of the molecule is COc1ccc(-c2ccc(C(=O)NCC(N)C3CC3)c(F)c2)c(F)c1. The van der Waals surface area contributed by atoms with Crippen molar-refractivity contribution in [2.45, 2.75) is 18.9 Å². The molecule has 132 valence electrons. The first-order valence-electron chi connectivity index (χ1n) is 8.17. The van der Waals surface area contributed by atoms with Gasteiger partial charge in [-0.3, -0.25) is 4.79 Å². The van der Waals surface area contributed by atoms with Crippen molar-refractivity contribution >= 4 is 5.91 Å². The van der Waals surface area contributed by atoms with Crippen LogP contribution in [-0.2, 0) is 0 Å². The molecule has 0 radical (unpaired) electrons. The lowest BCUT2D eigenvalue weighted by Crippen LogP contribution is -2.38. The van der Waals surface area contributed by atoms with Gasteiger partial charge < -0.3 is 15.8 Å². The number of rotatable bonds is 6. The van der Waals surface area contributed by atoms with E-state index in [-0.39, 0.29) is 17.2 Å². The summed E-state index contributed by atoms with van der Waals surface area (Å²) in [6.45, 7) is 0.317. The molecule has 3 rings (SSSR count). The van der Waals surface area contributed by atoms with E-state index in [0.717, 1.165) is 18.9 Å². The van der Waals surface area contributed by atoms with Crippen molar-refractivity contribution in [3.8, 4) is 16.9 Å². The van der Waals surface area contributed by atoms with E-state index in [0.29, 0.717) is 23.8 Å². The van der Waals surface area contributed by atoms with Gasteiger partial charge in [-0.25, -0.2) is 8.78 Å². The van der Waals surface area contributed by atoms with Crippen molar-refractivity contribution in [3.63, 3.8) is 0 Å². The molecular weight excluding hydrogens is 326 g/mol. The average molecular weight is 346 g/mol. The molecule has 1 saturated carbocycles. The molecule has 0 bridgehead atoms. The van der Waals surface area contributed by atoms with Crippen molar-refractivity contribution in [1.82, 2.24) is 5.32 Å². The van der Waals surface area contributed by atoms with E-state index in [1.807, 2.05) is 0 Å². The van der Waals surface area contributed by atoms with Crippen LogP contribution < -0.4 is 15.8 Å². The predicted octanol–water partition coefficient (Wildman–Crippen LogP) is 3.11. The number of methoxy groups -OCH3 is 1. The van der Waals surface area contributed by atoms with Gasteiger partial charge in [-0.15, -0.1) is 0 Å². The highest BCUT2D eigenvalue weighted by Gasteiger charge is 2.28. The number of nitrogens with two attached hydrogens (primary N) is 1. The fourth-order valence-electron chi connectivity index (χ4n) is 2.72. The normalized spacial score (nSPS) is 14.9. The van der Waals surface area contributed by atoms with Crippen LogP contribution in [0.15, 0.2) is 36.4 Å². The molecule has 1 unspecified atom stereocenters. The fraction of sp³-hybridized carbons (Fsp3) is 0.316. The Kier molecular flexibility index (Phi) is 4.99. The van der Waals surface area contributed by atoms with E-state index >= 15 is 0 Å². The van der Waals surface area contributed by atoms with Gasteiger partial charge in [-0.05, 0) is 48.6 Å². The van der Waals surface area contributed by atoms with Gasteiger partial charge in [0.15, 0.2) is 0 Å². The number of carbonyl (C=O) groups is 1. The van der Waals surface area contributed by atoms with Crippen molar-refractivity contribution in [2.75, 3.05) is 13.7 Å². The van der Waals surface area contributed by atoms with Gasteiger partial charge in [0.2, 0.25) is 0 Å². The Morgan fingerprint density at radius 2 is 2.00 bits per heavy atom. The first kappa shape index (κ1) is 17.4. The van der Waals surface area contributed by atoms with Crippen LogP contribution in [0.4, 0.5) is 8.78 Å². The van der Waals surface area contributed by atoms with E-state index in [1.54, 1.807) is 6.07 Å². The molecule has 0 heterocycles. The summed E-state index contributed by atoms with van der Waals surface area (Å²) < 4.78 is 33.4. The summed E-state index contributed by atoms with van der Waals surface area (Å²) in [5.41, 5.74) is 6.43. The highest BCUT2D eigenvalue weighted by molar-refractivity contribution is 5.95. The van der Waals surface area contributed by atoms with Gasteiger partial charge in [0.1, 0.15) is 17.4 Å². The van der Waals surface area contributed by atoms with Crippen molar-refractivity contribution < 1.29 is 18.3 Å². The molecule has 0 aliphatic heterocycles. The summed E-state index contributed by atoms with van der Waals surface area (Å²) in [6.07, 6.45) is 2.15. The van der Waals surface area contributed by atoms with Crippen molar-refractivity contribution in [2.24, 2.45) is 11.7 Å². The molecule has 1 amide bonds. The van der Waals surface area contributed by atoms with E-state index in [2.05, 4.69) is 5.32 Å². The highest BCUT2D eigenvalue weighted by Crippen LogP contribution is 2.31. The van der Waals surface area contributed by atoms with Gasteiger partial charge in [0.25, 0.3) is 5.91 Å². The molecule has 1 aliphatic rings. The molecular formula is C19H20F2N2O2. The molecule has 1 fully saturated rings. The van der Waals surface area contributed by atoms with Crippen LogP contribution in [-0.4, -0.2) is 25.6 Å². The molecule has 3 N–H and O–H groups in total. The first-order valence-corrected chi connectivity index (χ1v) is 8.17. The smallest absolute Gasteiger partial charge is 0.254 e. The maximum absolute atomic E-state index is 14.3. The molecule has 6 heteroatoms. The van der Waals surface area contributed by atoms with Gasteiger partial charge in [-0.2, -0.15) is 0 Å². The van der Waals surface area contributed by atoms with Gasteiger partial charge >= 0.3 is 0 Å². The number of benzene rings is 2. The number of halogens is 2. The van der Waals surface area contributed by atoms with E-state index in [4.69, 9.17) is 10.5 Å². The van der Waals surface area contributed by atoms with E-state index in [9.17, 15) is 13.6 Å². The Bertz CT molecular complexity index is 791. The number of hydrogen-bond acceptors (Lipinski definition) is 3. The lowest BCUT2D eigenvalue weighted by atomic mass is 10.0.